The molecule has 1 aliphatic heterocycles. The summed E-state index contributed by atoms with van der Waals surface area (Å²) in [6.45, 7) is 2.04. The fourth-order valence-electron chi connectivity index (χ4n) is 2.75. The number of carbonyl (C=O) groups excluding carboxylic acids is 1. The summed E-state index contributed by atoms with van der Waals surface area (Å²) in [5.41, 5.74) is 1.27. The summed E-state index contributed by atoms with van der Waals surface area (Å²) >= 11 is 0. The monoisotopic (exact) mass is 261 g/mol. The van der Waals surface area contributed by atoms with E-state index in [4.69, 9.17) is 0 Å². The number of rotatable bonds is 5. The highest BCUT2D eigenvalue weighted by molar-refractivity contribution is 5.81. The fourth-order valence-corrected chi connectivity index (χ4v) is 2.75. The van der Waals surface area contributed by atoms with Crippen LogP contribution in [0.2, 0.25) is 0 Å². The Bertz CT molecular complexity index is 394. The third kappa shape index (κ3) is 4.03. The lowest BCUT2D eigenvalue weighted by molar-refractivity contribution is -0.127. The number of aromatic nitrogens is 1. The smallest absolute Gasteiger partial charge is 0.237 e. The van der Waals surface area contributed by atoms with Crippen LogP contribution in [0, 0.1) is 0 Å². The highest BCUT2D eigenvalue weighted by Gasteiger charge is 2.27. The average molecular weight is 261 g/mol. The first-order valence-electron chi connectivity index (χ1n) is 7.16. The number of pyridine rings is 1. The molecule has 104 valence electrons. The topological polar surface area (TPSA) is 45.2 Å². The first-order valence-corrected chi connectivity index (χ1v) is 7.16. The lowest BCUT2D eigenvalue weighted by Gasteiger charge is -2.34. The number of nitrogens with zero attached hydrogens (tertiary/aromatic N) is 2. The Labute approximate surface area is 115 Å². The molecule has 4 heteroatoms. The highest BCUT2D eigenvalue weighted by atomic mass is 16.2. The second-order valence-corrected chi connectivity index (χ2v) is 5.13. The first kappa shape index (κ1) is 14.0. The van der Waals surface area contributed by atoms with Crippen molar-refractivity contribution in [2.45, 2.75) is 38.1 Å². The van der Waals surface area contributed by atoms with Crippen molar-refractivity contribution in [3.63, 3.8) is 0 Å². The Balaban J connectivity index is 1.81. The van der Waals surface area contributed by atoms with Gasteiger partial charge < -0.3 is 5.32 Å². The second kappa shape index (κ2) is 7.24. The number of nitrogens with one attached hydrogen (secondary N) is 1. The Morgan fingerprint density at radius 2 is 2.42 bits per heavy atom. The number of likely N-dealkylation sites (N-methyl/N-ethyl adjacent to an activating group) is 1. The van der Waals surface area contributed by atoms with Gasteiger partial charge in [0.2, 0.25) is 5.91 Å². The van der Waals surface area contributed by atoms with Crippen LogP contribution >= 0.6 is 0 Å². The zero-order valence-corrected chi connectivity index (χ0v) is 11.6. The van der Waals surface area contributed by atoms with Gasteiger partial charge in [-0.15, -0.1) is 0 Å². The van der Waals surface area contributed by atoms with Gasteiger partial charge in [0.05, 0.1) is 6.04 Å². The maximum atomic E-state index is 11.8. The maximum absolute atomic E-state index is 11.8. The first-order chi connectivity index (χ1) is 9.31. The number of aryl methyl sites for hydroxylation is 1. The second-order valence-electron chi connectivity index (χ2n) is 5.13. The van der Waals surface area contributed by atoms with Crippen LogP contribution in [0.25, 0.3) is 0 Å². The van der Waals surface area contributed by atoms with Crippen molar-refractivity contribution >= 4 is 5.91 Å². The molecule has 1 amide bonds. The summed E-state index contributed by atoms with van der Waals surface area (Å²) in [6, 6.07) is 4.16. The van der Waals surface area contributed by atoms with Gasteiger partial charge in [0, 0.05) is 19.4 Å². The molecule has 0 unspecified atom stereocenters. The third-order valence-corrected chi connectivity index (χ3v) is 3.80. The molecule has 0 spiro atoms. The molecule has 2 rings (SSSR count). The molecule has 2 heterocycles. The van der Waals surface area contributed by atoms with Gasteiger partial charge in [-0.25, -0.2) is 0 Å². The zero-order chi connectivity index (χ0) is 13.5. The number of hydrogen-bond donors (Lipinski definition) is 1. The van der Waals surface area contributed by atoms with Gasteiger partial charge in [-0.2, -0.15) is 0 Å². The molecular weight excluding hydrogens is 238 g/mol. The molecule has 1 aromatic heterocycles. The van der Waals surface area contributed by atoms with Crippen molar-refractivity contribution in [3.05, 3.63) is 30.1 Å². The van der Waals surface area contributed by atoms with Crippen LogP contribution in [0.1, 0.15) is 31.2 Å². The van der Waals surface area contributed by atoms with Gasteiger partial charge in [0.15, 0.2) is 0 Å². The van der Waals surface area contributed by atoms with Crippen LogP contribution in [0.3, 0.4) is 0 Å². The summed E-state index contributed by atoms with van der Waals surface area (Å²) in [5.74, 6) is 0.168. The van der Waals surface area contributed by atoms with Crippen molar-refractivity contribution < 1.29 is 4.79 Å². The van der Waals surface area contributed by atoms with E-state index in [1.807, 2.05) is 12.3 Å². The van der Waals surface area contributed by atoms with E-state index in [1.54, 1.807) is 13.2 Å². The Morgan fingerprint density at radius 1 is 1.53 bits per heavy atom. The lowest BCUT2D eigenvalue weighted by Crippen LogP contribution is -2.48. The van der Waals surface area contributed by atoms with Crippen molar-refractivity contribution in [1.82, 2.24) is 15.2 Å². The molecule has 1 N–H and O–H groups in total. The van der Waals surface area contributed by atoms with E-state index < -0.39 is 0 Å². The van der Waals surface area contributed by atoms with E-state index in [9.17, 15) is 4.79 Å². The number of amides is 1. The maximum Gasteiger partial charge on any atom is 0.237 e. The normalized spacial score (nSPS) is 20.2. The predicted molar refractivity (Wildman–Crippen MR) is 75.8 cm³/mol. The molecule has 1 aromatic rings. The van der Waals surface area contributed by atoms with Gasteiger partial charge in [0.25, 0.3) is 0 Å². The van der Waals surface area contributed by atoms with Crippen LogP contribution in [-0.4, -0.2) is 42.0 Å². The summed E-state index contributed by atoms with van der Waals surface area (Å²) in [7, 11) is 1.73. The Hall–Kier alpha value is -1.42. The molecular formula is C15H23N3O. The third-order valence-electron chi connectivity index (χ3n) is 3.80. The van der Waals surface area contributed by atoms with Crippen LogP contribution in [0.5, 0.6) is 0 Å². The predicted octanol–water partition coefficient (Wildman–Crippen LogP) is 1.61. The van der Waals surface area contributed by atoms with Crippen molar-refractivity contribution in [2.24, 2.45) is 0 Å². The number of likely N-dealkylation sites (tertiary alicyclic amines) is 1. The summed E-state index contributed by atoms with van der Waals surface area (Å²) < 4.78 is 0. The molecule has 4 nitrogen and oxygen atoms in total. The van der Waals surface area contributed by atoms with Crippen molar-refractivity contribution in [1.29, 1.82) is 0 Å². The summed E-state index contributed by atoms with van der Waals surface area (Å²) in [5, 5.41) is 2.78. The van der Waals surface area contributed by atoms with Crippen LogP contribution < -0.4 is 5.32 Å². The molecule has 1 aliphatic rings. The standard InChI is InChI=1S/C15H23N3O/c1-16-15(19)14-8-2-3-10-18(14)11-5-7-13-6-4-9-17-12-13/h4,6,9,12,14H,2-3,5,7-8,10-11H2,1H3,(H,16,19)/t14-/m0/s1. The van der Waals surface area contributed by atoms with Crippen LogP contribution in [-0.2, 0) is 11.2 Å². The quantitative estimate of drug-likeness (QED) is 0.876. The highest BCUT2D eigenvalue weighted by Crippen LogP contribution is 2.17. The van der Waals surface area contributed by atoms with Crippen LogP contribution in [0.4, 0.5) is 0 Å². The lowest BCUT2D eigenvalue weighted by atomic mass is 10.0. The Morgan fingerprint density at radius 3 is 3.16 bits per heavy atom. The fraction of sp³-hybridized carbons (Fsp3) is 0.600. The molecule has 0 radical (unpaired) electrons. The van der Waals surface area contributed by atoms with Crippen LogP contribution in [0.15, 0.2) is 24.5 Å². The SMILES string of the molecule is CNC(=O)[C@@H]1CCCCN1CCCc1cccnc1. The minimum atomic E-state index is 0.0765. The molecule has 0 bridgehead atoms. The molecule has 1 saturated heterocycles. The molecule has 0 aromatic carbocycles. The van der Waals surface area contributed by atoms with E-state index in [0.717, 1.165) is 38.8 Å². The minimum absolute atomic E-state index is 0.0765. The van der Waals surface area contributed by atoms with Gasteiger partial charge in [-0.3, -0.25) is 14.7 Å². The van der Waals surface area contributed by atoms with E-state index in [1.165, 1.54) is 12.0 Å². The van der Waals surface area contributed by atoms with Gasteiger partial charge >= 0.3 is 0 Å². The van der Waals surface area contributed by atoms with Gasteiger partial charge in [-0.05, 0) is 50.4 Å². The summed E-state index contributed by atoms with van der Waals surface area (Å²) in [6.07, 6.45) is 9.20. The van der Waals surface area contributed by atoms with E-state index >= 15 is 0 Å². The Kier molecular flexibility index (Phi) is 5.33. The number of carbonyl (C=O) groups is 1. The van der Waals surface area contributed by atoms with Gasteiger partial charge in [0.1, 0.15) is 0 Å². The average Bonchev–Trinajstić information content (AvgIpc) is 2.48. The van der Waals surface area contributed by atoms with Gasteiger partial charge in [-0.1, -0.05) is 12.5 Å². The van der Waals surface area contributed by atoms with E-state index in [2.05, 4.69) is 21.3 Å². The molecule has 19 heavy (non-hydrogen) atoms. The molecule has 1 atom stereocenters. The number of hydrogen-bond acceptors (Lipinski definition) is 3. The number of piperidine rings is 1. The van der Waals surface area contributed by atoms with Crippen molar-refractivity contribution in [2.75, 3.05) is 20.1 Å². The minimum Gasteiger partial charge on any atom is -0.358 e. The van der Waals surface area contributed by atoms with Crippen molar-refractivity contribution in [3.8, 4) is 0 Å². The molecule has 0 saturated carbocycles. The molecule has 0 aliphatic carbocycles. The van der Waals surface area contributed by atoms with E-state index in [0.29, 0.717) is 0 Å². The zero-order valence-electron chi connectivity index (χ0n) is 11.6. The summed E-state index contributed by atoms with van der Waals surface area (Å²) in [4.78, 5) is 18.3. The van der Waals surface area contributed by atoms with E-state index in [-0.39, 0.29) is 11.9 Å². The molecule has 1 fully saturated rings. The largest absolute Gasteiger partial charge is 0.358 e.